The molecule has 0 unspecified atom stereocenters. The average Bonchev–Trinajstić information content (AvgIpc) is 3.59. The van der Waals surface area contributed by atoms with Gasteiger partial charge in [-0.05, 0) is 62.0 Å². The summed E-state index contributed by atoms with van der Waals surface area (Å²) in [4.78, 5) is 15.3. The summed E-state index contributed by atoms with van der Waals surface area (Å²) in [5, 5.41) is 5.77. The molecule has 9 aromatic rings. The number of hydrogen-bond donors (Lipinski definition) is 0. The van der Waals surface area contributed by atoms with Crippen molar-refractivity contribution >= 4 is 38.6 Å². The maximum absolute atomic E-state index is 6.60. The van der Waals surface area contributed by atoms with Crippen LogP contribution in [-0.2, 0) is 0 Å². The Morgan fingerprint density at radius 1 is 0.471 bits per heavy atom. The van der Waals surface area contributed by atoms with Gasteiger partial charge in [0.15, 0.2) is 17.5 Å². The monoisotopic (exact) mass is 653 g/mol. The van der Waals surface area contributed by atoms with Crippen molar-refractivity contribution < 1.29 is 4.42 Å². The van der Waals surface area contributed by atoms with Crippen LogP contribution in [0.15, 0.2) is 181 Å². The van der Waals surface area contributed by atoms with Gasteiger partial charge >= 0.3 is 0 Å². The summed E-state index contributed by atoms with van der Waals surface area (Å²) in [6.07, 6.45) is 5.56. The van der Waals surface area contributed by atoms with E-state index in [0.29, 0.717) is 23.2 Å². The summed E-state index contributed by atoms with van der Waals surface area (Å²) in [6.45, 7) is 3.92. The van der Waals surface area contributed by atoms with Crippen LogP contribution in [0.4, 0.5) is 0 Å². The van der Waals surface area contributed by atoms with Gasteiger partial charge in [-0.2, -0.15) is 0 Å². The Hall–Kier alpha value is -6.91. The summed E-state index contributed by atoms with van der Waals surface area (Å²) < 4.78 is 6.60. The van der Waals surface area contributed by atoms with Crippen LogP contribution in [-0.4, -0.2) is 15.0 Å². The van der Waals surface area contributed by atoms with E-state index in [1.807, 2.05) is 60.7 Å². The Morgan fingerprint density at radius 3 is 1.78 bits per heavy atom. The third-order valence-electron chi connectivity index (χ3n) is 9.33. The number of furan rings is 1. The van der Waals surface area contributed by atoms with Crippen molar-refractivity contribution in [2.75, 3.05) is 0 Å². The highest BCUT2D eigenvalue weighted by Crippen LogP contribution is 2.42. The lowest BCUT2D eigenvalue weighted by Gasteiger charge is -2.11. The normalized spacial score (nSPS) is 11.5. The summed E-state index contributed by atoms with van der Waals surface area (Å²) in [7, 11) is 0. The minimum atomic E-state index is 0.534. The van der Waals surface area contributed by atoms with Gasteiger partial charge in [-0.3, -0.25) is 0 Å². The second kappa shape index (κ2) is 12.8. The number of rotatable bonds is 7. The Balaban J connectivity index is 1.28. The molecular weight excluding hydrogens is 623 g/mol. The topological polar surface area (TPSA) is 51.8 Å². The first-order valence-electron chi connectivity index (χ1n) is 17.0. The van der Waals surface area contributed by atoms with Crippen LogP contribution in [0, 0.1) is 0 Å². The van der Waals surface area contributed by atoms with Crippen LogP contribution in [0.25, 0.3) is 95.0 Å². The maximum Gasteiger partial charge on any atom is 0.168 e. The standard InChI is InChI=1S/C47H31N3O/c1-2-3-20-42-44(43-39(19-12-21-41(43)51-42)37-29-26-34-25-24-33-15-10-11-18-38(33)40(34)30-37)47-49-45(35-16-8-5-9-17-35)48-46(50-47)36-27-22-32(23-28-36)31-13-6-4-7-14-31/h2-30H,1H2/b20-3-. The molecule has 0 amide bonds. The van der Waals surface area contributed by atoms with Crippen molar-refractivity contribution in [3.8, 4) is 56.4 Å². The van der Waals surface area contributed by atoms with Crippen LogP contribution in [0.1, 0.15) is 5.76 Å². The van der Waals surface area contributed by atoms with Crippen LogP contribution in [0.5, 0.6) is 0 Å². The van der Waals surface area contributed by atoms with Crippen molar-refractivity contribution in [2.24, 2.45) is 0 Å². The Labute approximate surface area is 295 Å². The first-order chi connectivity index (χ1) is 25.2. The van der Waals surface area contributed by atoms with E-state index in [0.717, 1.165) is 49.9 Å². The van der Waals surface area contributed by atoms with Gasteiger partial charge in [0.05, 0.1) is 5.56 Å². The SMILES string of the molecule is C=C/C=C\c1oc2cccc(-c3ccc4ccc5ccccc5c4c3)c2c1-c1nc(-c2ccccc2)nc(-c2ccc(-c3ccccc3)cc2)n1. The molecule has 2 heterocycles. The van der Waals surface area contributed by atoms with Crippen molar-refractivity contribution in [3.63, 3.8) is 0 Å². The van der Waals surface area contributed by atoms with Gasteiger partial charge in [0.2, 0.25) is 0 Å². The highest BCUT2D eigenvalue weighted by molar-refractivity contribution is 6.11. The Kier molecular flexibility index (Phi) is 7.60. The number of nitrogens with zero attached hydrogens (tertiary/aromatic N) is 3. The van der Waals surface area contributed by atoms with Crippen LogP contribution < -0.4 is 0 Å². The van der Waals surface area contributed by atoms with E-state index in [2.05, 4.69) is 116 Å². The molecule has 4 heteroatoms. The van der Waals surface area contributed by atoms with E-state index in [1.54, 1.807) is 6.08 Å². The second-order valence-corrected chi connectivity index (χ2v) is 12.5. The van der Waals surface area contributed by atoms with E-state index in [-0.39, 0.29) is 0 Å². The number of aromatic nitrogens is 3. The average molecular weight is 654 g/mol. The van der Waals surface area contributed by atoms with Gasteiger partial charge in [-0.25, -0.2) is 15.0 Å². The van der Waals surface area contributed by atoms with Gasteiger partial charge in [0, 0.05) is 16.5 Å². The molecule has 0 aliphatic rings. The second-order valence-electron chi connectivity index (χ2n) is 12.5. The number of benzene rings is 7. The fourth-order valence-electron chi connectivity index (χ4n) is 6.85. The minimum absolute atomic E-state index is 0.534. The quantitative estimate of drug-likeness (QED) is 0.127. The zero-order valence-corrected chi connectivity index (χ0v) is 27.7. The summed E-state index contributed by atoms with van der Waals surface area (Å²) in [6, 6.07) is 54.5. The minimum Gasteiger partial charge on any atom is -0.456 e. The van der Waals surface area contributed by atoms with Gasteiger partial charge in [0.25, 0.3) is 0 Å². The van der Waals surface area contributed by atoms with Crippen LogP contribution in [0.3, 0.4) is 0 Å². The van der Waals surface area contributed by atoms with E-state index in [1.165, 1.54) is 21.5 Å². The van der Waals surface area contributed by atoms with Gasteiger partial charge < -0.3 is 4.42 Å². The molecule has 4 nitrogen and oxygen atoms in total. The van der Waals surface area contributed by atoms with E-state index >= 15 is 0 Å². The third-order valence-corrected chi connectivity index (χ3v) is 9.33. The van der Waals surface area contributed by atoms with Crippen molar-refractivity contribution in [1.82, 2.24) is 15.0 Å². The number of fused-ring (bicyclic) bond motifs is 4. The van der Waals surface area contributed by atoms with Gasteiger partial charge in [-0.15, -0.1) is 0 Å². The van der Waals surface area contributed by atoms with Gasteiger partial charge in [0.1, 0.15) is 11.3 Å². The van der Waals surface area contributed by atoms with Crippen molar-refractivity contribution in [2.45, 2.75) is 0 Å². The largest absolute Gasteiger partial charge is 0.456 e. The maximum atomic E-state index is 6.60. The zero-order chi connectivity index (χ0) is 34.1. The first-order valence-corrected chi connectivity index (χ1v) is 17.0. The van der Waals surface area contributed by atoms with Crippen LogP contribution >= 0.6 is 0 Å². The van der Waals surface area contributed by atoms with E-state index in [9.17, 15) is 0 Å². The molecule has 0 atom stereocenters. The molecule has 0 radical (unpaired) electrons. The third kappa shape index (κ3) is 5.59. The molecule has 7 aromatic carbocycles. The fourth-order valence-corrected chi connectivity index (χ4v) is 6.85. The lowest BCUT2D eigenvalue weighted by molar-refractivity contribution is 0.605. The molecule has 0 bridgehead atoms. The van der Waals surface area contributed by atoms with Gasteiger partial charge in [-0.1, -0.05) is 164 Å². The molecule has 0 aliphatic heterocycles. The number of hydrogen-bond acceptors (Lipinski definition) is 4. The molecule has 51 heavy (non-hydrogen) atoms. The zero-order valence-electron chi connectivity index (χ0n) is 27.7. The predicted octanol–water partition coefficient (Wildman–Crippen LogP) is 12.5. The molecule has 0 saturated carbocycles. The highest BCUT2D eigenvalue weighted by atomic mass is 16.3. The summed E-state index contributed by atoms with van der Waals surface area (Å²) in [5.74, 6) is 2.36. The lowest BCUT2D eigenvalue weighted by Crippen LogP contribution is -2.01. The smallest absolute Gasteiger partial charge is 0.168 e. The van der Waals surface area contributed by atoms with E-state index < -0.39 is 0 Å². The summed E-state index contributed by atoms with van der Waals surface area (Å²) >= 11 is 0. The Morgan fingerprint density at radius 2 is 1.04 bits per heavy atom. The molecule has 2 aromatic heterocycles. The highest BCUT2D eigenvalue weighted by Gasteiger charge is 2.23. The molecule has 0 aliphatic carbocycles. The molecule has 0 saturated heterocycles. The molecule has 0 N–H and O–H groups in total. The number of allylic oxidation sites excluding steroid dienone is 2. The van der Waals surface area contributed by atoms with E-state index in [4.69, 9.17) is 19.4 Å². The first kappa shape index (κ1) is 30.2. The molecule has 240 valence electrons. The fraction of sp³-hybridized carbons (Fsp3) is 0. The lowest BCUT2D eigenvalue weighted by atomic mass is 9.94. The van der Waals surface area contributed by atoms with Crippen molar-refractivity contribution in [3.05, 3.63) is 182 Å². The Bertz CT molecular complexity index is 2750. The molecule has 9 rings (SSSR count). The molecular formula is C47H31N3O. The molecule has 0 fully saturated rings. The predicted molar refractivity (Wildman–Crippen MR) is 211 cm³/mol. The van der Waals surface area contributed by atoms with Crippen LogP contribution in [0.2, 0.25) is 0 Å². The van der Waals surface area contributed by atoms with Crippen molar-refractivity contribution in [1.29, 1.82) is 0 Å². The molecule has 0 spiro atoms. The summed E-state index contributed by atoms with van der Waals surface area (Å²) in [5.41, 5.74) is 7.76.